The number of benzene rings is 2. The van der Waals surface area contributed by atoms with Crippen molar-refractivity contribution in [2.24, 2.45) is 0 Å². The maximum atomic E-state index is 12.5. The number of carbonyl (C=O) groups excluding carboxylic acids is 2. The first-order chi connectivity index (χ1) is 14.3. The Morgan fingerprint density at radius 3 is 2.40 bits per heavy atom. The molecule has 2 aromatic carbocycles. The Hall–Kier alpha value is -2.62. The molecule has 0 aliphatic rings. The lowest BCUT2D eigenvalue weighted by atomic mass is 10.2. The summed E-state index contributed by atoms with van der Waals surface area (Å²) in [5, 5.41) is 18.0. The Labute approximate surface area is 187 Å². The molecule has 3 rings (SSSR count). The molecule has 1 aromatic heterocycles. The van der Waals surface area contributed by atoms with E-state index in [9.17, 15) is 9.59 Å². The zero-order valence-electron chi connectivity index (χ0n) is 16.5. The van der Waals surface area contributed by atoms with Gasteiger partial charge < -0.3 is 16.0 Å². The molecule has 0 aliphatic carbocycles. The summed E-state index contributed by atoms with van der Waals surface area (Å²) in [5.41, 5.74) is 3.12. The molecule has 0 saturated carbocycles. The predicted molar refractivity (Wildman–Crippen MR) is 124 cm³/mol. The van der Waals surface area contributed by atoms with E-state index in [1.807, 2.05) is 25.1 Å². The van der Waals surface area contributed by atoms with Crippen molar-refractivity contribution in [1.29, 1.82) is 0 Å². The predicted octanol–water partition coefficient (Wildman–Crippen LogP) is 5.32. The van der Waals surface area contributed by atoms with Gasteiger partial charge in [0, 0.05) is 29.0 Å². The minimum absolute atomic E-state index is 0.145. The van der Waals surface area contributed by atoms with E-state index in [1.165, 1.54) is 30.0 Å². The van der Waals surface area contributed by atoms with Crippen LogP contribution in [0.3, 0.4) is 0 Å². The number of halogens is 1. The summed E-state index contributed by atoms with van der Waals surface area (Å²) in [5.74, 6) is -0.295. The maximum Gasteiger partial charge on any atom is 0.237 e. The van der Waals surface area contributed by atoms with E-state index in [0.717, 1.165) is 11.3 Å². The Morgan fingerprint density at radius 1 is 1.07 bits per heavy atom. The molecule has 1 unspecified atom stereocenters. The minimum atomic E-state index is -0.367. The largest absolute Gasteiger partial charge is 0.330 e. The van der Waals surface area contributed by atoms with Gasteiger partial charge in [-0.15, -0.1) is 10.2 Å². The van der Waals surface area contributed by atoms with Gasteiger partial charge in [-0.1, -0.05) is 40.8 Å². The zero-order valence-corrected chi connectivity index (χ0v) is 18.9. The number of carbonyl (C=O) groups is 2. The van der Waals surface area contributed by atoms with Gasteiger partial charge in [-0.25, -0.2) is 0 Å². The first kappa shape index (κ1) is 22.1. The van der Waals surface area contributed by atoms with Gasteiger partial charge in [0.1, 0.15) is 0 Å². The van der Waals surface area contributed by atoms with E-state index in [1.54, 1.807) is 31.2 Å². The second kappa shape index (κ2) is 9.92. The van der Waals surface area contributed by atoms with Gasteiger partial charge in [-0.3, -0.25) is 9.59 Å². The molecule has 1 atom stereocenters. The number of thioether (sulfide) groups is 1. The SMILES string of the molecule is CC(=O)Nc1ccc(NC(=O)C(C)Sc2nnc(Nc3cccc(Cl)c3C)s2)cc1. The summed E-state index contributed by atoms with van der Waals surface area (Å²) in [6.45, 7) is 5.18. The van der Waals surface area contributed by atoms with Crippen molar-refractivity contribution in [2.45, 2.75) is 30.4 Å². The van der Waals surface area contributed by atoms with Crippen LogP contribution >= 0.6 is 34.7 Å². The molecule has 7 nitrogen and oxygen atoms in total. The summed E-state index contributed by atoms with van der Waals surface area (Å²) in [7, 11) is 0. The molecule has 0 fully saturated rings. The summed E-state index contributed by atoms with van der Waals surface area (Å²) >= 11 is 8.85. The van der Waals surface area contributed by atoms with Crippen LogP contribution in [0.15, 0.2) is 46.8 Å². The summed E-state index contributed by atoms with van der Waals surface area (Å²) in [6.07, 6.45) is 0. The number of nitrogens with zero attached hydrogens (tertiary/aromatic N) is 2. The molecule has 0 radical (unpaired) electrons. The molecule has 0 saturated heterocycles. The van der Waals surface area contributed by atoms with Gasteiger partial charge >= 0.3 is 0 Å². The summed E-state index contributed by atoms with van der Waals surface area (Å²) < 4.78 is 0.681. The highest BCUT2D eigenvalue weighted by atomic mass is 35.5. The lowest BCUT2D eigenvalue weighted by Crippen LogP contribution is -2.22. The molecule has 30 heavy (non-hydrogen) atoms. The average Bonchev–Trinajstić information content (AvgIpc) is 3.13. The highest BCUT2D eigenvalue weighted by molar-refractivity contribution is 8.02. The van der Waals surface area contributed by atoms with Gasteiger partial charge in [0.15, 0.2) is 4.34 Å². The van der Waals surface area contributed by atoms with Crippen LogP contribution in [0.4, 0.5) is 22.2 Å². The highest BCUT2D eigenvalue weighted by Crippen LogP contribution is 2.32. The van der Waals surface area contributed by atoms with E-state index in [-0.39, 0.29) is 17.1 Å². The molecule has 0 bridgehead atoms. The van der Waals surface area contributed by atoms with Crippen molar-refractivity contribution >= 4 is 68.7 Å². The van der Waals surface area contributed by atoms with Crippen LogP contribution in [-0.2, 0) is 9.59 Å². The van der Waals surface area contributed by atoms with Gasteiger partial charge in [0.25, 0.3) is 0 Å². The molecule has 1 heterocycles. The van der Waals surface area contributed by atoms with E-state index >= 15 is 0 Å². The van der Waals surface area contributed by atoms with Crippen molar-refractivity contribution in [3.8, 4) is 0 Å². The lowest BCUT2D eigenvalue weighted by molar-refractivity contribution is -0.115. The molecule has 0 spiro atoms. The second-order valence-electron chi connectivity index (χ2n) is 6.42. The highest BCUT2D eigenvalue weighted by Gasteiger charge is 2.18. The monoisotopic (exact) mass is 461 g/mol. The molecule has 3 aromatic rings. The molecular formula is C20H20ClN5O2S2. The first-order valence-corrected chi connectivity index (χ1v) is 11.1. The van der Waals surface area contributed by atoms with Crippen LogP contribution in [0.25, 0.3) is 0 Å². The third kappa shape index (κ3) is 5.94. The van der Waals surface area contributed by atoms with Crippen molar-refractivity contribution in [2.75, 3.05) is 16.0 Å². The standard InChI is InChI=1S/C20H20ClN5O2S2/c1-11-16(21)5-4-6-17(11)24-19-25-26-20(30-19)29-12(2)18(28)23-15-9-7-14(8-10-15)22-13(3)27/h4-10,12H,1-3H3,(H,22,27)(H,23,28)(H,24,25). The van der Waals surface area contributed by atoms with Crippen LogP contribution in [0.1, 0.15) is 19.4 Å². The van der Waals surface area contributed by atoms with Gasteiger partial charge in [0.2, 0.25) is 16.9 Å². The van der Waals surface area contributed by atoms with Gasteiger partial charge in [0.05, 0.1) is 5.25 Å². The number of amides is 2. The Kier molecular flexibility index (Phi) is 7.30. The van der Waals surface area contributed by atoms with E-state index in [0.29, 0.717) is 25.9 Å². The van der Waals surface area contributed by atoms with Crippen LogP contribution in [0.5, 0.6) is 0 Å². The van der Waals surface area contributed by atoms with Crippen LogP contribution < -0.4 is 16.0 Å². The number of aromatic nitrogens is 2. The Morgan fingerprint density at radius 2 is 1.73 bits per heavy atom. The fourth-order valence-corrected chi connectivity index (χ4v) is 4.54. The lowest BCUT2D eigenvalue weighted by Gasteiger charge is -2.11. The number of rotatable bonds is 7. The number of hydrogen-bond acceptors (Lipinski definition) is 7. The quantitative estimate of drug-likeness (QED) is 0.412. The normalized spacial score (nSPS) is 11.6. The molecule has 10 heteroatoms. The summed E-state index contributed by atoms with van der Waals surface area (Å²) in [6, 6.07) is 12.6. The van der Waals surface area contributed by atoms with E-state index in [4.69, 9.17) is 11.6 Å². The number of nitrogens with one attached hydrogen (secondary N) is 3. The fourth-order valence-electron chi connectivity index (χ4n) is 2.45. The minimum Gasteiger partial charge on any atom is -0.330 e. The van der Waals surface area contributed by atoms with Crippen LogP contribution in [0.2, 0.25) is 5.02 Å². The Balaban J connectivity index is 1.56. The second-order valence-corrected chi connectivity index (χ2v) is 9.39. The van der Waals surface area contributed by atoms with Crippen LogP contribution in [0, 0.1) is 6.92 Å². The Bertz CT molecular complexity index is 1060. The average molecular weight is 462 g/mol. The number of hydrogen-bond donors (Lipinski definition) is 3. The maximum absolute atomic E-state index is 12.5. The third-order valence-corrected chi connectivity index (χ3v) is 6.47. The molecular weight excluding hydrogens is 442 g/mol. The molecule has 2 amide bonds. The van der Waals surface area contributed by atoms with Crippen molar-refractivity contribution in [1.82, 2.24) is 10.2 Å². The smallest absolute Gasteiger partial charge is 0.237 e. The van der Waals surface area contributed by atoms with Gasteiger partial charge in [-0.05, 0) is 55.8 Å². The van der Waals surface area contributed by atoms with Crippen LogP contribution in [-0.4, -0.2) is 27.3 Å². The fraction of sp³-hybridized carbons (Fsp3) is 0.200. The zero-order chi connectivity index (χ0) is 21.7. The van der Waals surface area contributed by atoms with Gasteiger partial charge in [-0.2, -0.15) is 0 Å². The van der Waals surface area contributed by atoms with Crippen molar-refractivity contribution < 1.29 is 9.59 Å². The van der Waals surface area contributed by atoms with Crippen molar-refractivity contribution in [3.63, 3.8) is 0 Å². The molecule has 3 N–H and O–H groups in total. The first-order valence-electron chi connectivity index (χ1n) is 9.02. The van der Waals surface area contributed by atoms with E-state index in [2.05, 4.69) is 26.1 Å². The third-order valence-electron chi connectivity index (χ3n) is 4.04. The van der Waals surface area contributed by atoms with Crippen molar-refractivity contribution in [3.05, 3.63) is 53.1 Å². The topological polar surface area (TPSA) is 96.0 Å². The molecule has 156 valence electrons. The van der Waals surface area contributed by atoms with E-state index < -0.39 is 0 Å². The summed E-state index contributed by atoms with van der Waals surface area (Å²) in [4.78, 5) is 23.6. The molecule has 0 aliphatic heterocycles. The number of anilines is 4.